The molecule has 2 aromatic carbocycles. The van der Waals surface area contributed by atoms with Crippen LogP contribution >= 0.6 is 7.92 Å². The van der Waals surface area contributed by atoms with Gasteiger partial charge in [0.15, 0.2) is 0 Å². The fraction of sp³-hybridized carbons (Fsp3) is 0.368. The fourth-order valence-corrected chi connectivity index (χ4v) is 6.27. The molecule has 0 atom stereocenters. The van der Waals surface area contributed by atoms with Crippen LogP contribution in [0.15, 0.2) is 60.7 Å². The Balaban J connectivity index is 1.95. The van der Waals surface area contributed by atoms with Crippen LogP contribution < -0.4 is 10.6 Å². The normalized spacial score (nSPS) is 17.1. The molecule has 1 saturated carbocycles. The van der Waals surface area contributed by atoms with Crippen LogP contribution in [0, 0.1) is 0 Å². The van der Waals surface area contributed by atoms with Crippen molar-refractivity contribution >= 4 is 18.5 Å². The molecule has 0 spiro atoms. The Morgan fingerprint density at radius 2 is 1.05 bits per heavy atom. The van der Waals surface area contributed by atoms with Crippen molar-refractivity contribution in [2.45, 2.75) is 44.2 Å². The summed E-state index contributed by atoms with van der Waals surface area (Å²) in [5.74, 6) is 0. The third-order valence-electron chi connectivity index (χ3n) is 4.26. The highest BCUT2D eigenvalue weighted by Crippen LogP contribution is 2.45. The predicted octanol–water partition coefficient (Wildman–Crippen LogP) is 4.84. The lowest BCUT2D eigenvalue weighted by atomic mass is 10.2. The molecule has 0 heterocycles. The Morgan fingerprint density at radius 3 is 1.50 bits per heavy atom. The molecule has 1 aliphatic carbocycles. The highest BCUT2D eigenvalue weighted by molar-refractivity contribution is 7.73. The highest BCUT2D eigenvalue weighted by atomic mass is 31.1. The largest absolute Gasteiger partial charge is 0.0622 e. The van der Waals surface area contributed by atoms with Gasteiger partial charge in [-0.15, -0.1) is 0 Å². The molecule has 2 aromatic rings. The van der Waals surface area contributed by atoms with Crippen molar-refractivity contribution < 1.29 is 0 Å². The van der Waals surface area contributed by atoms with Crippen molar-refractivity contribution in [2.24, 2.45) is 0 Å². The maximum atomic E-state index is 2.34. The number of hydrogen-bond donors (Lipinski definition) is 0. The first kappa shape index (κ1) is 13.8. The Morgan fingerprint density at radius 1 is 0.600 bits per heavy atom. The van der Waals surface area contributed by atoms with Gasteiger partial charge < -0.3 is 0 Å². The molecule has 1 heteroatoms. The minimum atomic E-state index is -0.186. The summed E-state index contributed by atoms with van der Waals surface area (Å²) in [5.41, 5.74) is 0.872. The first-order valence-electron chi connectivity index (χ1n) is 7.84. The maximum absolute atomic E-state index is 2.34. The molecule has 0 unspecified atom stereocenters. The monoisotopic (exact) mass is 282 g/mol. The van der Waals surface area contributed by atoms with E-state index >= 15 is 0 Å². The molecule has 0 saturated heterocycles. The standard InChI is InChI=1S/C19H23P/c1-2-6-12-17(11-5-1)20(18-13-7-3-8-14-18)19-15-9-4-10-16-19/h3-4,7-10,13-17H,1-2,5-6,11-12H2. The molecule has 1 fully saturated rings. The Kier molecular flexibility index (Phi) is 4.87. The van der Waals surface area contributed by atoms with Crippen molar-refractivity contribution in [2.75, 3.05) is 0 Å². The first-order valence-corrected chi connectivity index (χ1v) is 9.25. The lowest BCUT2D eigenvalue weighted by Gasteiger charge is -2.27. The molecule has 0 amide bonds. The Hall–Kier alpha value is -1.13. The minimum absolute atomic E-state index is 0.186. The Labute approximate surface area is 124 Å². The van der Waals surface area contributed by atoms with E-state index in [0.29, 0.717) is 0 Å². The third-order valence-corrected chi connectivity index (χ3v) is 7.21. The summed E-state index contributed by atoms with van der Waals surface area (Å²) in [5, 5.41) is 3.11. The molecular formula is C19H23P. The van der Waals surface area contributed by atoms with Gasteiger partial charge in [0, 0.05) is 0 Å². The topological polar surface area (TPSA) is 0 Å². The second kappa shape index (κ2) is 7.04. The summed E-state index contributed by atoms with van der Waals surface area (Å²) in [7, 11) is -0.186. The van der Waals surface area contributed by atoms with E-state index in [9.17, 15) is 0 Å². The quantitative estimate of drug-likeness (QED) is 0.558. The summed E-state index contributed by atoms with van der Waals surface area (Å²) >= 11 is 0. The van der Waals surface area contributed by atoms with Gasteiger partial charge >= 0.3 is 0 Å². The second-order valence-corrected chi connectivity index (χ2v) is 8.19. The predicted molar refractivity (Wildman–Crippen MR) is 90.6 cm³/mol. The van der Waals surface area contributed by atoms with Crippen LogP contribution in [0.1, 0.15) is 38.5 Å². The van der Waals surface area contributed by atoms with Crippen molar-refractivity contribution in [1.82, 2.24) is 0 Å². The minimum Gasteiger partial charge on any atom is -0.0622 e. The SMILES string of the molecule is c1ccc(P(c2ccccc2)C2CCCCCC2)cc1. The maximum Gasteiger partial charge on any atom is -0.0129 e. The van der Waals surface area contributed by atoms with Gasteiger partial charge in [-0.1, -0.05) is 86.3 Å². The third kappa shape index (κ3) is 3.30. The van der Waals surface area contributed by atoms with Gasteiger partial charge in [0.05, 0.1) is 0 Å². The smallest absolute Gasteiger partial charge is 0.0129 e. The van der Waals surface area contributed by atoms with Crippen LogP contribution in [0.5, 0.6) is 0 Å². The average Bonchev–Trinajstić information content (AvgIpc) is 2.79. The van der Waals surface area contributed by atoms with E-state index in [1.807, 2.05) is 0 Å². The van der Waals surface area contributed by atoms with Crippen LogP contribution in [-0.4, -0.2) is 5.66 Å². The molecule has 0 aromatic heterocycles. The van der Waals surface area contributed by atoms with Crippen molar-refractivity contribution in [3.05, 3.63) is 60.7 Å². The van der Waals surface area contributed by atoms with Gasteiger partial charge in [0.2, 0.25) is 0 Å². The van der Waals surface area contributed by atoms with Crippen LogP contribution in [-0.2, 0) is 0 Å². The zero-order valence-electron chi connectivity index (χ0n) is 12.0. The molecule has 0 bridgehead atoms. The van der Waals surface area contributed by atoms with E-state index in [1.54, 1.807) is 10.6 Å². The summed E-state index contributed by atoms with van der Waals surface area (Å²) in [6.07, 6.45) is 8.53. The lowest BCUT2D eigenvalue weighted by Crippen LogP contribution is -2.21. The van der Waals surface area contributed by atoms with Gasteiger partial charge in [-0.2, -0.15) is 0 Å². The number of hydrogen-bond acceptors (Lipinski definition) is 0. The van der Waals surface area contributed by atoms with E-state index in [1.165, 1.54) is 38.5 Å². The van der Waals surface area contributed by atoms with Crippen LogP contribution in [0.3, 0.4) is 0 Å². The average molecular weight is 282 g/mol. The number of benzene rings is 2. The zero-order chi connectivity index (χ0) is 13.6. The van der Waals surface area contributed by atoms with E-state index in [4.69, 9.17) is 0 Å². The zero-order valence-corrected chi connectivity index (χ0v) is 12.9. The summed E-state index contributed by atoms with van der Waals surface area (Å²) < 4.78 is 0. The van der Waals surface area contributed by atoms with Crippen molar-refractivity contribution in [1.29, 1.82) is 0 Å². The van der Waals surface area contributed by atoms with E-state index in [0.717, 1.165) is 5.66 Å². The molecule has 0 nitrogen and oxygen atoms in total. The molecular weight excluding hydrogens is 259 g/mol. The van der Waals surface area contributed by atoms with Crippen LogP contribution in [0.4, 0.5) is 0 Å². The van der Waals surface area contributed by atoms with Crippen LogP contribution in [0.2, 0.25) is 0 Å². The molecule has 20 heavy (non-hydrogen) atoms. The second-order valence-electron chi connectivity index (χ2n) is 5.69. The van der Waals surface area contributed by atoms with Crippen molar-refractivity contribution in [3.63, 3.8) is 0 Å². The Bertz CT molecular complexity index is 458. The molecule has 1 aliphatic rings. The molecule has 0 N–H and O–H groups in total. The molecule has 104 valence electrons. The van der Waals surface area contributed by atoms with E-state index in [2.05, 4.69) is 60.7 Å². The summed E-state index contributed by atoms with van der Waals surface area (Å²) in [4.78, 5) is 0. The van der Waals surface area contributed by atoms with Crippen LogP contribution in [0.25, 0.3) is 0 Å². The van der Waals surface area contributed by atoms with Gasteiger partial charge in [0.25, 0.3) is 0 Å². The molecule has 0 aliphatic heterocycles. The molecule has 0 radical (unpaired) electrons. The summed E-state index contributed by atoms with van der Waals surface area (Å²) in [6.45, 7) is 0. The highest BCUT2D eigenvalue weighted by Gasteiger charge is 2.25. The number of rotatable bonds is 3. The van der Waals surface area contributed by atoms with Crippen molar-refractivity contribution in [3.8, 4) is 0 Å². The van der Waals surface area contributed by atoms with E-state index < -0.39 is 0 Å². The first-order chi connectivity index (χ1) is 9.95. The molecule has 3 rings (SSSR count). The van der Waals surface area contributed by atoms with Gasteiger partial charge in [-0.05, 0) is 37.0 Å². The fourth-order valence-electron chi connectivity index (χ4n) is 3.26. The summed E-state index contributed by atoms with van der Waals surface area (Å²) in [6, 6.07) is 22.4. The van der Waals surface area contributed by atoms with Gasteiger partial charge in [0.1, 0.15) is 0 Å². The lowest BCUT2D eigenvalue weighted by molar-refractivity contribution is 0.702. The van der Waals surface area contributed by atoms with E-state index in [-0.39, 0.29) is 7.92 Å². The van der Waals surface area contributed by atoms with Gasteiger partial charge in [-0.3, -0.25) is 0 Å². The van der Waals surface area contributed by atoms with Gasteiger partial charge in [-0.25, -0.2) is 0 Å².